The van der Waals surface area contributed by atoms with E-state index in [1.54, 1.807) is 23.1 Å². The molecule has 0 aliphatic carbocycles. The van der Waals surface area contributed by atoms with Crippen LogP contribution in [0, 0.1) is 0 Å². The molecule has 28 heavy (non-hydrogen) atoms. The van der Waals surface area contributed by atoms with Gasteiger partial charge in [-0.25, -0.2) is 0 Å². The first-order valence-electron chi connectivity index (χ1n) is 8.86. The number of amides is 2. The molecule has 1 N–H and O–H groups in total. The molecule has 1 aliphatic rings. The van der Waals surface area contributed by atoms with Gasteiger partial charge in [-0.15, -0.1) is 10.2 Å². The van der Waals surface area contributed by atoms with Gasteiger partial charge in [-0.2, -0.15) is 0 Å². The van der Waals surface area contributed by atoms with E-state index >= 15 is 0 Å². The number of carbonyl (C=O) groups is 2. The molecule has 1 atom stereocenters. The molecule has 9 heteroatoms. The number of carbonyl (C=O) groups excluding carboxylic acids is 2. The predicted molar refractivity (Wildman–Crippen MR) is 105 cm³/mol. The van der Waals surface area contributed by atoms with Crippen molar-refractivity contribution in [3.63, 3.8) is 0 Å². The molecule has 2 aromatic heterocycles. The maximum Gasteiger partial charge on any atom is 0.254 e. The van der Waals surface area contributed by atoms with Crippen LogP contribution in [-0.4, -0.2) is 43.9 Å². The Balaban J connectivity index is 1.46. The lowest BCUT2D eigenvalue weighted by Crippen LogP contribution is -2.45. The molecular weight excluding hydrogens is 401 g/mol. The van der Waals surface area contributed by atoms with Crippen LogP contribution in [0.3, 0.4) is 0 Å². The van der Waals surface area contributed by atoms with Crippen LogP contribution < -0.4 is 5.32 Å². The summed E-state index contributed by atoms with van der Waals surface area (Å²) in [7, 11) is 0. The van der Waals surface area contributed by atoms with Crippen LogP contribution in [0.5, 0.6) is 0 Å². The summed E-state index contributed by atoms with van der Waals surface area (Å²) in [5.74, 6) is 0.156. The van der Waals surface area contributed by atoms with E-state index in [1.807, 2.05) is 28.8 Å². The van der Waals surface area contributed by atoms with E-state index in [0.717, 1.165) is 6.42 Å². The van der Waals surface area contributed by atoms with Gasteiger partial charge < -0.3 is 10.2 Å². The Morgan fingerprint density at radius 3 is 2.71 bits per heavy atom. The molecule has 0 bridgehead atoms. The molecule has 0 radical (unpaired) electrons. The molecule has 0 saturated carbocycles. The average Bonchev–Trinajstić information content (AvgIpc) is 3.32. The van der Waals surface area contributed by atoms with E-state index in [0.29, 0.717) is 40.0 Å². The van der Waals surface area contributed by atoms with Gasteiger partial charge in [0.1, 0.15) is 6.04 Å². The first-order chi connectivity index (χ1) is 13.5. The summed E-state index contributed by atoms with van der Waals surface area (Å²) >= 11 is 12.0. The standard InChI is InChI=1S/C19H17Cl2N5O2/c20-13-8-12(9-14(21)10-13)19(28)25-7-3-4-15(25)18(27)22-11-17-24-23-16-5-1-2-6-26(16)17/h1-2,5-6,8-10,15H,3-4,7,11H2,(H,22,27)/t15-/m1/s1. The largest absolute Gasteiger partial charge is 0.347 e. The molecule has 0 spiro atoms. The van der Waals surface area contributed by atoms with Crippen molar-refractivity contribution >= 4 is 40.7 Å². The molecular formula is C19H17Cl2N5O2. The van der Waals surface area contributed by atoms with Crippen LogP contribution in [0.4, 0.5) is 0 Å². The van der Waals surface area contributed by atoms with Gasteiger partial charge in [0.05, 0.1) is 6.54 Å². The fourth-order valence-corrected chi connectivity index (χ4v) is 3.95. The molecule has 7 nitrogen and oxygen atoms in total. The number of aromatic nitrogens is 3. The van der Waals surface area contributed by atoms with Gasteiger partial charge in [-0.05, 0) is 43.2 Å². The molecule has 0 unspecified atom stereocenters. The number of benzene rings is 1. The number of fused-ring (bicyclic) bond motifs is 1. The van der Waals surface area contributed by atoms with Gasteiger partial charge in [0.15, 0.2) is 11.5 Å². The van der Waals surface area contributed by atoms with E-state index in [2.05, 4.69) is 15.5 Å². The van der Waals surface area contributed by atoms with Crippen molar-refractivity contribution in [2.24, 2.45) is 0 Å². The second-order valence-corrected chi connectivity index (χ2v) is 7.45. The van der Waals surface area contributed by atoms with Crippen LogP contribution in [0.25, 0.3) is 5.65 Å². The van der Waals surface area contributed by atoms with Crippen molar-refractivity contribution < 1.29 is 9.59 Å². The van der Waals surface area contributed by atoms with Crippen LogP contribution in [0.2, 0.25) is 10.0 Å². The number of hydrogen-bond acceptors (Lipinski definition) is 4. The zero-order valence-electron chi connectivity index (χ0n) is 14.8. The quantitative estimate of drug-likeness (QED) is 0.707. The third kappa shape index (κ3) is 3.68. The number of halogens is 2. The second kappa shape index (κ2) is 7.77. The first kappa shape index (κ1) is 18.7. The topological polar surface area (TPSA) is 79.6 Å². The summed E-state index contributed by atoms with van der Waals surface area (Å²) in [6.45, 7) is 0.737. The number of likely N-dealkylation sites (tertiary alicyclic amines) is 1. The third-order valence-corrected chi connectivity index (χ3v) is 5.17. The maximum atomic E-state index is 12.9. The summed E-state index contributed by atoms with van der Waals surface area (Å²) < 4.78 is 1.81. The van der Waals surface area contributed by atoms with Crippen molar-refractivity contribution in [1.82, 2.24) is 24.8 Å². The lowest BCUT2D eigenvalue weighted by Gasteiger charge is -2.24. The van der Waals surface area contributed by atoms with Crippen molar-refractivity contribution in [2.45, 2.75) is 25.4 Å². The average molecular weight is 418 g/mol. The lowest BCUT2D eigenvalue weighted by atomic mass is 10.1. The molecule has 144 valence electrons. The lowest BCUT2D eigenvalue weighted by molar-refractivity contribution is -0.125. The molecule has 3 heterocycles. The molecule has 4 rings (SSSR count). The zero-order valence-corrected chi connectivity index (χ0v) is 16.3. The molecule has 3 aromatic rings. The second-order valence-electron chi connectivity index (χ2n) is 6.58. The van der Waals surface area contributed by atoms with Gasteiger partial charge in [0, 0.05) is 28.4 Å². The van der Waals surface area contributed by atoms with Crippen LogP contribution in [0.15, 0.2) is 42.6 Å². The van der Waals surface area contributed by atoms with Gasteiger partial charge in [-0.1, -0.05) is 29.3 Å². The highest BCUT2D eigenvalue weighted by atomic mass is 35.5. The van der Waals surface area contributed by atoms with Crippen LogP contribution in [-0.2, 0) is 11.3 Å². The van der Waals surface area contributed by atoms with Crippen LogP contribution in [0.1, 0.15) is 29.0 Å². The Morgan fingerprint density at radius 2 is 1.93 bits per heavy atom. The Bertz CT molecular complexity index is 1030. The minimum atomic E-state index is -0.538. The normalized spacial score (nSPS) is 16.5. The van der Waals surface area contributed by atoms with Crippen molar-refractivity contribution in [2.75, 3.05) is 6.54 Å². The highest BCUT2D eigenvalue weighted by molar-refractivity contribution is 6.35. The molecule has 1 saturated heterocycles. The Kier molecular flexibility index (Phi) is 5.19. The molecule has 1 aliphatic heterocycles. The van der Waals surface area contributed by atoms with E-state index in [4.69, 9.17) is 23.2 Å². The fourth-order valence-electron chi connectivity index (χ4n) is 3.42. The number of pyridine rings is 1. The zero-order chi connectivity index (χ0) is 19.7. The highest BCUT2D eigenvalue weighted by Gasteiger charge is 2.34. The Morgan fingerprint density at radius 1 is 1.14 bits per heavy atom. The van der Waals surface area contributed by atoms with Crippen LogP contribution >= 0.6 is 23.2 Å². The molecule has 1 aromatic carbocycles. The molecule has 2 amide bonds. The highest BCUT2D eigenvalue weighted by Crippen LogP contribution is 2.24. The third-order valence-electron chi connectivity index (χ3n) is 4.73. The summed E-state index contributed by atoms with van der Waals surface area (Å²) in [6.07, 6.45) is 3.20. The summed E-state index contributed by atoms with van der Waals surface area (Å²) in [5.41, 5.74) is 1.09. The number of hydrogen-bond donors (Lipinski definition) is 1. The van der Waals surface area contributed by atoms with Crippen molar-refractivity contribution in [1.29, 1.82) is 0 Å². The Labute approximate surface area is 171 Å². The number of rotatable bonds is 4. The molecule has 1 fully saturated rings. The van der Waals surface area contributed by atoms with E-state index in [-0.39, 0.29) is 18.4 Å². The SMILES string of the molecule is O=C(NCc1nnc2ccccn12)[C@H]1CCCN1C(=O)c1cc(Cl)cc(Cl)c1. The van der Waals surface area contributed by atoms with E-state index in [1.165, 1.54) is 0 Å². The number of nitrogens with zero attached hydrogens (tertiary/aromatic N) is 4. The minimum Gasteiger partial charge on any atom is -0.347 e. The van der Waals surface area contributed by atoms with Gasteiger partial charge in [0.25, 0.3) is 5.91 Å². The van der Waals surface area contributed by atoms with Gasteiger partial charge >= 0.3 is 0 Å². The van der Waals surface area contributed by atoms with E-state index in [9.17, 15) is 9.59 Å². The summed E-state index contributed by atoms with van der Waals surface area (Å²) in [5, 5.41) is 11.8. The minimum absolute atomic E-state index is 0.216. The number of nitrogens with one attached hydrogen (secondary N) is 1. The van der Waals surface area contributed by atoms with Gasteiger partial charge in [0.2, 0.25) is 5.91 Å². The smallest absolute Gasteiger partial charge is 0.254 e. The van der Waals surface area contributed by atoms with Crippen molar-refractivity contribution in [3.05, 3.63) is 64.0 Å². The fraction of sp³-hybridized carbons (Fsp3) is 0.263. The van der Waals surface area contributed by atoms with E-state index < -0.39 is 6.04 Å². The summed E-state index contributed by atoms with van der Waals surface area (Å²) in [4.78, 5) is 27.2. The van der Waals surface area contributed by atoms with Crippen molar-refractivity contribution in [3.8, 4) is 0 Å². The van der Waals surface area contributed by atoms with Gasteiger partial charge in [-0.3, -0.25) is 14.0 Å². The first-order valence-corrected chi connectivity index (χ1v) is 9.62. The Hall–Kier alpha value is -2.64. The monoisotopic (exact) mass is 417 g/mol. The predicted octanol–water partition coefficient (Wildman–Crippen LogP) is 2.96. The maximum absolute atomic E-state index is 12.9. The summed E-state index contributed by atoms with van der Waals surface area (Å²) in [6, 6.07) is 9.73.